The van der Waals surface area contributed by atoms with Crippen LogP contribution in [0.3, 0.4) is 0 Å². The Morgan fingerprint density at radius 2 is 1.67 bits per heavy atom. The van der Waals surface area contributed by atoms with Gasteiger partial charge < -0.3 is 19.3 Å². The van der Waals surface area contributed by atoms with Crippen molar-refractivity contribution in [1.82, 2.24) is 9.21 Å². The lowest BCUT2D eigenvalue weighted by Crippen LogP contribution is -2.53. The summed E-state index contributed by atoms with van der Waals surface area (Å²) >= 11 is 0. The number of piperazine rings is 1. The van der Waals surface area contributed by atoms with Crippen molar-refractivity contribution in [1.29, 1.82) is 0 Å². The largest absolute Gasteiger partial charge is 0.465 e. The summed E-state index contributed by atoms with van der Waals surface area (Å²) in [6.07, 6.45) is 4.13. The number of amides is 1. The third kappa shape index (κ3) is 4.81. The number of rotatable bonds is 8. The Hall–Kier alpha value is -2.69. The van der Waals surface area contributed by atoms with Crippen LogP contribution in [0.1, 0.15) is 37.2 Å². The van der Waals surface area contributed by atoms with Crippen molar-refractivity contribution in [3.8, 4) is 5.75 Å². The number of benzene rings is 2. The van der Waals surface area contributed by atoms with E-state index in [1.54, 1.807) is 46.6 Å². The molecule has 194 valence electrons. The summed E-state index contributed by atoms with van der Waals surface area (Å²) in [5, 5.41) is 0. The third-order valence-corrected chi connectivity index (χ3v) is 9.53. The maximum atomic E-state index is 13.7. The van der Waals surface area contributed by atoms with E-state index in [2.05, 4.69) is 4.90 Å². The zero-order valence-electron chi connectivity index (χ0n) is 20.4. The Morgan fingerprint density at radius 3 is 2.28 bits per heavy atom. The van der Waals surface area contributed by atoms with Crippen LogP contribution in [0.4, 0.5) is 10.1 Å². The predicted molar refractivity (Wildman–Crippen MR) is 133 cm³/mol. The quantitative estimate of drug-likeness (QED) is 0.395. The van der Waals surface area contributed by atoms with Crippen LogP contribution in [0.2, 0.25) is 0 Å². The molecule has 10 heteroatoms. The fourth-order valence-corrected chi connectivity index (χ4v) is 7.32. The number of sulfonamides is 1. The first-order valence-electron chi connectivity index (χ1n) is 12.4. The minimum absolute atomic E-state index is 0.0552. The number of nitrogens with zero attached hydrogens (tertiary/aromatic N) is 3. The fourth-order valence-electron chi connectivity index (χ4n) is 5.83. The average Bonchev–Trinajstić information content (AvgIpc) is 3.16. The standard InChI is InChI=1S/C26H32FN3O5S/c1-34-18-35-26-9-8-24(14-25(26)30-22-6-7-23(30)16-28(15-22)17-31)36(32,33)29-12-10-20(11-13-29)19-2-4-21(27)5-3-19/h2-5,8-9,14,17,20,22-23H,6-7,10-13,15-16,18H2,1H3. The van der Waals surface area contributed by atoms with Crippen molar-refractivity contribution in [2.24, 2.45) is 0 Å². The predicted octanol–water partition coefficient (Wildman–Crippen LogP) is 3.19. The van der Waals surface area contributed by atoms with Crippen LogP contribution in [0.5, 0.6) is 5.75 Å². The van der Waals surface area contributed by atoms with Crippen molar-refractivity contribution in [2.75, 3.05) is 45.0 Å². The van der Waals surface area contributed by atoms with Gasteiger partial charge in [-0.25, -0.2) is 12.8 Å². The van der Waals surface area contributed by atoms with Gasteiger partial charge >= 0.3 is 0 Å². The SMILES string of the molecule is COCOc1ccc(S(=O)(=O)N2CCC(c3ccc(F)cc3)CC2)cc1N1C2CCC1CN(C=O)C2. The van der Waals surface area contributed by atoms with E-state index in [1.807, 2.05) is 0 Å². The van der Waals surface area contributed by atoms with Gasteiger partial charge in [-0.2, -0.15) is 4.31 Å². The molecule has 8 nitrogen and oxygen atoms in total. The Balaban J connectivity index is 1.38. The summed E-state index contributed by atoms with van der Waals surface area (Å²) in [5.41, 5.74) is 1.77. The van der Waals surface area contributed by atoms with Crippen LogP contribution in [-0.2, 0) is 19.6 Å². The molecule has 36 heavy (non-hydrogen) atoms. The summed E-state index contributed by atoms with van der Waals surface area (Å²) in [4.78, 5) is 15.6. The Bertz CT molecular complexity index is 1170. The van der Waals surface area contributed by atoms with Gasteiger partial charge in [-0.3, -0.25) is 4.79 Å². The van der Waals surface area contributed by atoms with E-state index in [0.717, 1.165) is 30.5 Å². The van der Waals surface area contributed by atoms with Gasteiger partial charge in [0.1, 0.15) is 11.6 Å². The molecule has 3 heterocycles. The van der Waals surface area contributed by atoms with Gasteiger partial charge in [0.05, 0.1) is 10.6 Å². The van der Waals surface area contributed by atoms with E-state index < -0.39 is 10.0 Å². The van der Waals surface area contributed by atoms with E-state index in [9.17, 15) is 17.6 Å². The summed E-state index contributed by atoms with van der Waals surface area (Å²) in [6.45, 7) is 2.09. The molecule has 3 fully saturated rings. The molecule has 2 aromatic carbocycles. The highest BCUT2D eigenvalue weighted by Crippen LogP contribution is 2.41. The number of halogens is 1. The van der Waals surface area contributed by atoms with E-state index in [-0.39, 0.29) is 35.5 Å². The van der Waals surface area contributed by atoms with Crippen molar-refractivity contribution >= 4 is 22.1 Å². The van der Waals surface area contributed by atoms with Crippen LogP contribution in [0.25, 0.3) is 0 Å². The summed E-state index contributed by atoms with van der Waals surface area (Å²) in [7, 11) is -2.17. The Labute approximate surface area is 211 Å². The second-order valence-corrected chi connectivity index (χ2v) is 11.7. The molecule has 0 N–H and O–H groups in total. The number of carbonyl (C=O) groups is 1. The van der Waals surface area contributed by atoms with Gasteiger partial charge in [-0.05, 0) is 67.5 Å². The van der Waals surface area contributed by atoms with Gasteiger partial charge in [0, 0.05) is 45.4 Å². The highest BCUT2D eigenvalue weighted by Gasteiger charge is 2.41. The summed E-state index contributed by atoms with van der Waals surface area (Å²) < 4.78 is 53.0. The third-order valence-electron chi connectivity index (χ3n) is 7.63. The second kappa shape index (κ2) is 10.4. The van der Waals surface area contributed by atoms with Crippen molar-refractivity contribution in [2.45, 2.75) is 48.6 Å². The van der Waals surface area contributed by atoms with Crippen LogP contribution in [0, 0.1) is 5.82 Å². The molecular weight excluding hydrogens is 485 g/mol. The van der Waals surface area contributed by atoms with Crippen LogP contribution in [0.15, 0.2) is 47.4 Å². The molecule has 0 saturated carbocycles. The minimum atomic E-state index is -3.71. The van der Waals surface area contributed by atoms with Crippen LogP contribution in [-0.4, -0.2) is 76.2 Å². The number of carbonyl (C=O) groups excluding carboxylic acids is 1. The van der Waals surface area contributed by atoms with Gasteiger partial charge in [0.2, 0.25) is 16.4 Å². The molecule has 0 aromatic heterocycles. The number of hydrogen-bond acceptors (Lipinski definition) is 6. The number of anilines is 1. The molecule has 2 aromatic rings. The molecule has 0 aliphatic carbocycles. The first kappa shape index (κ1) is 25.0. The Kier molecular flexibility index (Phi) is 7.18. The van der Waals surface area contributed by atoms with E-state index >= 15 is 0 Å². The van der Waals surface area contributed by atoms with Crippen molar-refractivity contribution in [3.05, 3.63) is 53.8 Å². The molecule has 2 unspecified atom stereocenters. The summed E-state index contributed by atoms with van der Waals surface area (Å²) in [6, 6.07) is 11.7. The topological polar surface area (TPSA) is 79.4 Å². The Morgan fingerprint density at radius 1 is 1.00 bits per heavy atom. The molecule has 0 spiro atoms. The maximum Gasteiger partial charge on any atom is 0.243 e. The highest BCUT2D eigenvalue weighted by molar-refractivity contribution is 7.89. The first-order chi connectivity index (χ1) is 17.4. The maximum absolute atomic E-state index is 13.7. The van der Waals surface area contributed by atoms with Crippen LogP contribution >= 0.6 is 0 Å². The van der Waals surface area contributed by atoms with E-state index in [0.29, 0.717) is 44.8 Å². The molecule has 3 aliphatic heterocycles. The molecule has 1 amide bonds. The number of ether oxygens (including phenoxy) is 2. The second-order valence-electron chi connectivity index (χ2n) is 9.76. The highest BCUT2D eigenvalue weighted by atomic mass is 32.2. The molecule has 3 aliphatic rings. The van der Waals surface area contributed by atoms with E-state index in [4.69, 9.17) is 9.47 Å². The first-order valence-corrected chi connectivity index (χ1v) is 13.8. The summed E-state index contributed by atoms with van der Waals surface area (Å²) in [5.74, 6) is 0.512. The van der Waals surface area contributed by atoms with E-state index in [1.165, 1.54) is 12.1 Å². The molecule has 2 bridgehead atoms. The van der Waals surface area contributed by atoms with Gasteiger partial charge in [-0.15, -0.1) is 0 Å². The molecule has 5 rings (SSSR count). The number of likely N-dealkylation sites (tertiary alicyclic amines) is 1. The van der Waals surface area contributed by atoms with Crippen molar-refractivity contribution in [3.63, 3.8) is 0 Å². The number of hydrogen-bond donors (Lipinski definition) is 0. The molecular formula is C26H32FN3O5S. The fraction of sp³-hybridized carbons (Fsp3) is 0.500. The molecule has 3 saturated heterocycles. The zero-order chi connectivity index (χ0) is 25.3. The zero-order valence-corrected chi connectivity index (χ0v) is 21.2. The average molecular weight is 518 g/mol. The lowest BCUT2D eigenvalue weighted by molar-refractivity contribution is -0.119. The normalized spacial score (nSPS) is 23.2. The lowest BCUT2D eigenvalue weighted by atomic mass is 9.90. The molecule has 2 atom stereocenters. The smallest absolute Gasteiger partial charge is 0.243 e. The number of fused-ring (bicyclic) bond motifs is 2. The molecule has 0 radical (unpaired) electrons. The number of methoxy groups -OCH3 is 1. The van der Waals surface area contributed by atoms with Crippen molar-refractivity contribution < 1.29 is 27.1 Å². The van der Waals surface area contributed by atoms with Gasteiger partial charge in [0.15, 0.2) is 6.79 Å². The monoisotopic (exact) mass is 517 g/mol. The van der Waals surface area contributed by atoms with Gasteiger partial charge in [-0.1, -0.05) is 12.1 Å². The minimum Gasteiger partial charge on any atom is -0.465 e. The van der Waals surface area contributed by atoms with Crippen LogP contribution < -0.4 is 9.64 Å². The van der Waals surface area contributed by atoms with Gasteiger partial charge in [0.25, 0.3) is 0 Å². The number of piperidine rings is 1. The lowest BCUT2D eigenvalue weighted by Gasteiger charge is -2.41.